The number of hydrogen-bond acceptors (Lipinski definition) is 7. The molecule has 5 N–H and O–H groups in total. The van der Waals surface area contributed by atoms with Crippen LogP contribution in [0.3, 0.4) is 0 Å². The zero-order valence-corrected chi connectivity index (χ0v) is 14.2. The summed E-state index contributed by atoms with van der Waals surface area (Å²) < 4.78 is 5.39. The Balaban J connectivity index is 1.89. The van der Waals surface area contributed by atoms with Crippen LogP contribution in [-0.4, -0.2) is 60.8 Å². The minimum Gasteiger partial charge on any atom is -0.379 e. The Morgan fingerprint density at radius 2 is 1.96 bits per heavy atom. The van der Waals surface area contributed by atoms with Gasteiger partial charge in [0, 0.05) is 30.9 Å². The van der Waals surface area contributed by atoms with E-state index in [1.54, 1.807) is 0 Å². The summed E-state index contributed by atoms with van der Waals surface area (Å²) in [6.45, 7) is 8.42. The van der Waals surface area contributed by atoms with Crippen LogP contribution in [0.4, 0.5) is 11.8 Å². The maximum absolute atomic E-state index is 5.80. The van der Waals surface area contributed by atoms with Crippen LogP contribution in [0.2, 0.25) is 0 Å². The van der Waals surface area contributed by atoms with Crippen molar-refractivity contribution in [3.8, 4) is 0 Å². The fourth-order valence-corrected chi connectivity index (χ4v) is 2.84. The first kappa shape index (κ1) is 17.9. The fourth-order valence-electron chi connectivity index (χ4n) is 2.84. The normalized spacial score (nSPS) is 15.7. The van der Waals surface area contributed by atoms with E-state index in [9.17, 15) is 0 Å². The quantitative estimate of drug-likeness (QED) is 0.577. The molecule has 0 atom stereocenters. The van der Waals surface area contributed by atoms with E-state index in [0.29, 0.717) is 5.95 Å². The topological polar surface area (TPSA) is 102 Å². The maximum atomic E-state index is 5.80. The fraction of sp³-hybridized carbons (Fsp3) is 0.750. The van der Waals surface area contributed by atoms with Gasteiger partial charge in [-0.05, 0) is 45.7 Å². The molecule has 1 aromatic rings. The number of hydrogen-bond donors (Lipinski definition) is 3. The summed E-state index contributed by atoms with van der Waals surface area (Å²) in [4.78, 5) is 11.2. The van der Waals surface area contributed by atoms with Gasteiger partial charge >= 0.3 is 0 Å². The molecule has 0 saturated carbocycles. The number of nitrogen functional groups attached to an aromatic ring is 1. The third-order valence-corrected chi connectivity index (χ3v) is 4.16. The number of nitrogens with one attached hydrogen (secondary N) is 1. The lowest BCUT2D eigenvalue weighted by atomic mass is 10.1. The molecule has 130 valence electrons. The molecule has 0 aliphatic carbocycles. The largest absolute Gasteiger partial charge is 0.379 e. The third-order valence-electron chi connectivity index (χ3n) is 4.16. The summed E-state index contributed by atoms with van der Waals surface area (Å²) >= 11 is 0. The molecule has 0 bridgehead atoms. The monoisotopic (exact) mass is 322 g/mol. The van der Waals surface area contributed by atoms with Crippen molar-refractivity contribution in [3.05, 3.63) is 11.3 Å². The average Bonchev–Trinajstić information content (AvgIpc) is 2.55. The Morgan fingerprint density at radius 3 is 2.70 bits per heavy atom. The van der Waals surface area contributed by atoms with Gasteiger partial charge in [0.2, 0.25) is 5.95 Å². The van der Waals surface area contributed by atoms with E-state index in [1.165, 1.54) is 5.56 Å². The molecule has 0 spiro atoms. The lowest BCUT2D eigenvalue weighted by molar-refractivity contribution is 0.0374. The molecule has 2 rings (SSSR count). The van der Waals surface area contributed by atoms with Crippen LogP contribution in [0.15, 0.2) is 0 Å². The Morgan fingerprint density at radius 1 is 1.17 bits per heavy atom. The van der Waals surface area contributed by atoms with E-state index in [1.807, 2.05) is 6.92 Å². The summed E-state index contributed by atoms with van der Waals surface area (Å²) in [5, 5.41) is 3.40. The molecule has 7 heteroatoms. The van der Waals surface area contributed by atoms with Crippen molar-refractivity contribution < 1.29 is 4.74 Å². The Hall–Kier alpha value is -1.44. The molecular formula is C16H30N6O. The van der Waals surface area contributed by atoms with Crippen LogP contribution in [0.25, 0.3) is 0 Å². The predicted octanol–water partition coefficient (Wildman–Crippen LogP) is 0.783. The number of nitrogens with two attached hydrogens (primary N) is 2. The first-order valence-electron chi connectivity index (χ1n) is 8.57. The summed E-state index contributed by atoms with van der Waals surface area (Å²) in [7, 11) is 0. The molecule has 2 heterocycles. The first-order chi connectivity index (χ1) is 11.2. The second-order valence-electron chi connectivity index (χ2n) is 5.97. The second-order valence-corrected chi connectivity index (χ2v) is 5.97. The smallest absolute Gasteiger partial charge is 0.222 e. The average molecular weight is 322 g/mol. The lowest BCUT2D eigenvalue weighted by Crippen LogP contribution is -2.37. The Bertz CT molecular complexity index is 476. The molecule has 0 unspecified atom stereocenters. The molecule has 1 saturated heterocycles. The van der Waals surface area contributed by atoms with Gasteiger partial charge in [0.05, 0.1) is 13.2 Å². The van der Waals surface area contributed by atoms with Crippen LogP contribution in [0, 0.1) is 6.92 Å². The van der Waals surface area contributed by atoms with Crippen LogP contribution in [0.5, 0.6) is 0 Å². The van der Waals surface area contributed by atoms with Gasteiger partial charge in [-0.3, -0.25) is 4.90 Å². The number of aromatic nitrogens is 2. The molecule has 7 nitrogen and oxygen atoms in total. The molecule has 23 heavy (non-hydrogen) atoms. The van der Waals surface area contributed by atoms with Crippen molar-refractivity contribution in [2.75, 3.05) is 57.0 Å². The number of unbranched alkanes of at least 4 members (excludes halogenated alkanes) is 1. The number of morpholine rings is 1. The van der Waals surface area contributed by atoms with Gasteiger partial charge in [-0.1, -0.05) is 0 Å². The van der Waals surface area contributed by atoms with Gasteiger partial charge in [0.15, 0.2) is 0 Å². The number of aryl methyl sites for hydroxylation is 1. The molecular weight excluding hydrogens is 292 g/mol. The highest BCUT2D eigenvalue weighted by molar-refractivity contribution is 5.49. The number of ether oxygens (including phenoxy) is 1. The van der Waals surface area contributed by atoms with E-state index in [-0.39, 0.29) is 0 Å². The van der Waals surface area contributed by atoms with E-state index in [4.69, 9.17) is 16.2 Å². The van der Waals surface area contributed by atoms with Crippen molar-refractivity contribution in [2.45, 2.75) is 32.6 Å². The highest BCUT2D eigenvalue weighted by Gasteiger charge is 2.13. The van der Waals surface area contributed by atoms with Crippen molar-refractivity contribution in [3.63, 3.8) is 0 Å². The highest BCUT2D eigenvalue weighted by Crippen LogP contribution is 2.19. The van der Waals surface area contributed by atoms with Crippen molar-refractivity contribution in [1.29, 1.82) is 0 Å². The summed E-state index contributed by atoms with van der Waals surface area (Å²) in [5.74, 6) is 1.22. The maximum Gasteiger partial charge on any atom is 0.222 e. The van der Waals surface area contributed by atoms with Crippen LogP contribution < -0.4 is 16.8 Å². The molecule has 0 radical (unpaired) electrons. The third kappa shape index (κ3) is 5.93. The van der Waals surface area contributed by atoms with E-state index >= 15 is 0 Å². The molecule has 1 fully saturated rings. The van der Waals surface area contributed by atoms with Gasteiger partial charge in [-0.25, -0.2) is 4.98 Å². The van der Waals surface area contributed by atoms with E-state index < -0.39 is 0 Å². The van der Waals surface area contributed by atoms with E-state index in [2.05, 4.69) is 20.2 Å². The number of nitrogens with zero attached hydrogens (tertiary/aromatic N) is 3. The Labute approximate surface area is 138 Å². The zero-order chi connectivity index (χ0) is 16.5. The molecule has 0 amide bonds. The summed E-state index contributed by atoms with van der Waals surface area (Å²) in [5.41, 5.74) is 13.5. The minimum atomic E-state index is 0.334. The van der Waals surface area contributed by atoms with Crippen molar-refractivity contribution >= 4 is 11.8 Å². The van der Waals surface area contributed by atoms with Gasteiger partial charge in [0.25, 0.3) is 0 Å². The summed E-state index contributed by atoms with van der Waals surface area (Å²) in [6.07, 6.45) is 4.10. The minimum absolute atomic E-state index is 0.334. The number of rotatable bonds is 9. The summed E-state index contributed by atoms with van der Waals surface area (Å²) in [6, 6.07) is 0. The number of anilines is 2. The van der Waals surface area contributed by atoms with Gasteiger partial charge in [-0.2, -0.15) is 4.98 Å². The molecule has 1 aliphatic heterocycles. The molecule has 0 aromatic carbocycles. The Kier molecular flexibility index (Phi) is 7.51. The zero-order valence-electron chi connectivity index (χ0n) is 14.2. The van der Waals surface area contributed by atoms with Gasteiger partial charge in [-0.15, -0.1) is 0 Å². The standard InChI is InChI=1S/C16H30N6O/c1-13-14(5-4-8-22-9-11-23-12-10-22)15(21-16(18)20-13)19-7-3-2-6-17/h2-12,17H2,1H3,(H3,18,19,20,21). The van der Waals surface area contributed by atoms with Gasteiger partial charge < -0.3 is 21.5 Å². The predicted molar refractivity (Wildman–Crippen MR) is 93.5 cm³/mol. The van der Waals surface area contributed by atoms with Crippen LogP contribution in [0.1, 0.15) is 30.5 Å². The van der Waals surface area contributed by atoms with Crippen molar-refractivity contribution in [1.82, 2.24) is 14.9 Å². The van der Waals surface area contributed by atoms with Crippen LogP contribution in [-0.2, 0) is 11.2 Å². The van der Waals surface area contributed by atoms with Crippen molar-refractivity contribution in [2.24, 2.45) is 5.73 Å². The highest BCUT2D eigenvalue weighted by atomic mass is 16.5. The van der Waals surface area contributed by atoms with E-state index in [0.717, 1.165) is 83.1 Å². The molecule has 1 aliphatic rings. The lowest BCUT2D eigenvalue weighted by Gasteiger charge is -2.26. The van der Waals surface area contributed by atoms with Gasteiger partial charge in [0.1, 0.15) is 5.82 Å². The van der Waals surface area contributed by atoms with Crippen LogP contribution >= 0.6 is 0 Å². The first-order valence-corrected chi connectivity index (χ1v) is 8.57. The SMILES string of the molecule is Cc1nc(N)nc(NCCCCN)c1CCCN1CCOCC1. The second kappa shape index (κ2) is 9.64. The molecule has 1 aromatic heterocycles.